The van der Waals surface area contributed by atoms with E-state index in [1.165, 1.54) is 0 Å². The number of hydrogen-bond acceptors (Lipinski definition) is 4. The van der Waals surface area contributed by atoms with Crippen molar-refractivity contribution in [3.63, 3.8) is 0 Å². The monoisotopic (exact) mass is 273 g/mol. The van der Waals surface area contributed by atoms with Gasteiger partial charge < -0.3 is 15.8 Å². The van der Waals surface area contributed by atoms with Crippen LogP contribution in [0, 0.1) is 5.41 Å². The van der Waals surface area contributed by atoms with E-state index in [2.05, 4.69) is 19.0 Å². The smallest absolute Gasteiger partial charge is 0.235 e. The maximum absolute atomic E-state index is 12.4. The number of amidine groups is 1. The highest BCUT2D eigenvalue weighted by molar-refractivity contribution is 8.00. The molecule has 0 bridgehead atoms. The zero-order valence-electron chi connectivity index (χ0n) is 11.6. The van der Waals surface area contributed by atoms with Crippen molar-refractivity contribution in [1.29, 1.82) is 0 Å². The highest BCUT2D eigenvalue weighted by Gasteiger charge is 2.37. The Morgan fingerprint density at radius 2 is 2.06 bits per heavy atom. The van der Waals surface area contributed by atoms with Gasteiger partial charge in [0.1, 0.15) is 5.41 Å². The Kier molecular flexibility index (Phi) is 4.53. The summed E-state index contributed by atoms with van der Waals surface area (Å²) in [4.78, 5) is 14.2. The van der Waals surface area contributed by atoms with Gasteiger partial charge in [-0.2, -0.15) is 11.8 Å². The highest BCUT2D eigenvalue weighted by Crippen LogP contribution is 2.32. The third-order valence-corrected chi connectivity index (χ3v) is 4.78. The summed E-state index contributed by atoms with van der Waals surface area (Å²) in [5.41, 5.74) is 4.65. The lowest BCUT2D eigenvalue weighted by atomic mass is 9.90. The standard InChI is InChI=1S/C12H23N3O2S/c1-11(2)5-6-15(7-8-18-11)10(16)12(3,4)9(13)14-17/h17H,5-8H2,1-4H3,(H2,13,14). The summed E-state index contributed by atoms with van der Waals surface area (Å²) in [7, 11) is 0. The maximum atomic E-state index is 12.4. The van der Waals surface area contributed by atoms with E-state index in [0.717, 1.165) is 25.3 Å². The molecule has 0 atom stereocenters. The van der Waals surface area contributed by atoms with Gasteiger partial charge in [-0.3, -0.25) is 4.79 Å². The van der Waals surface area contributed by atoms with E-state index < -0.39 is 5.41 Å². The third-order valence-electron chi connectivity index (χ3n) is 3.41. The van der Waals surface area contributed by atoms with Crippen molar-refractivity contribution in [3.8, 4) is 0 Å². The van der Waals surface area contributed by atoms with Crippen LogP contribution in [0.3, 0.4) is 0 Å². The van der Waals surface area contributed by atoms with Gasteiger partial charge in [0, 0.05) is 23.6 Å². The molecule has 0 aromatic heterocycles. The Bertz CT molecular complexity index is 353. The second-order valence-electron chi connectivity index (χ2n) is 5.76. The van der Waals surface area contributed by atoms with Gasteiger partial charge in [0.05, 0.1) is 0 Å². The first kappa shape index (κ1) is 15.1. The van der Waals surface area contributed by atoms with Gasteiger partial charge in [-0.05, 0) is 20.3 Å². The van der Waals surface area contributed by atoms with E-state index in [1.807, 2.05) is 16.7 Å². The zero-order chi connectivity index (χ0) is 14.0. The Hall–Kier alpha value is -0.910. The van der Waals surface area contributed by atoms with Gasteiger partial charge in [-0.25, -0.2) is 0 Å². The molecule has 1 heterocycles. The van der Waals surface area contributed by atoms with Gasteiger partial charge in [0.2, 0.25) is 5.91 Å². The molecular weight excluding hydrogens is 250 g/mol. The largest absolute Gasteiger partial charge is 0.409 e. The van der Waals surface area contributed by atoms with Crippen LogP contribution in [0.2, 0.25) is 0 Å². The molecule has 1 aliphatic heterocycles. The van der Waals surface area contributed by atoms with Crippen molar-refractivity contribution < 1.29 is 10.0 Å². The van der Waals surface area contributed by atoms with Crippen molar-refractivity contribution >= 4 is 23.5 Å². The number of amides is 1. The normalized spacial score (nSPS) is 21.6. The van der Waals surface area contributed by atoms with Gasteiger partial charge in [0.15, 0.2) is 5.84 Å². The topological polar surface area (TPSA) is 78.9 Å². The van der Waals surface area contributed by atoms with Crippen LogP contribution in [0.4, 0.5) is 0 Å². The molecule has 1 saturated heterocycles. The minimum atomic E-state index is -0.950. The lowest BCUT2D eigenvalue weighted by molar-refractivity contribution is -0.136. The molecule has 1 fully saturated rings. The second-order valence-corrected chi connectivity index (χ2v) is 7.56. The van der Waals surface area contributed by atoms with Gasteiger partial charge in [0.25, 0.3) is 0 Å². The summed E-state index contributed by atoms with van der Waals surface area (Å²) in [5.74, 6) is 0.810. The number of thioether (sulfide) groups is 1. The van der Waals surface area contributed by atoms with Crippen LogP contribution < -0.4 is 5.73 Å². The van der Waals surface area contributed by atoms with E-state index in [-0.39, 0.29) is 16.5 Å². The molecule has 0 aliphatic carbocycles. The van der Waals surface area contributed by atoms with Crippen molar-refractivity contribution in [2.45, 2.75) is 38.9 Å². The Morgan fingerprint density at radius 1 is 1.44 bits per heavy atom. The van der Waals surface area contributed by atoms with Crippen molar-refractivity contribution in [3.05, 3.63) is 0 Å². The van der Waals surface area contributed by atoms with Crippen molar-refractivity contribution in [2.75, 3.05) is 18.8 Å². The van der Waals surface area contributed by atoms with Gasteiger partial charge in [-0.1, -0.05) is 19.0 Å². The molecule has 6 heteroatoms. The predicted molar refractivity (Wildman–Crippen MR) is 74.9 cm³/mol. The molecule has 1 aliphatic rings. The predicted octanol–water partition coefficient (Wildman–Crippen LogP) is 1.50. The van der Waals surface area contributed by atoms with Crippen molar-refractivity contribution in [2.24, 2.45) is 16.3 Å². The summed E-state index contributed by atoms with van der Waals surface area (Å²) in [6, 6.07) is 0. The second kappa shape index (κ2) is 5.38. The molecule has 0 saturated carbocycles. The van der Waals surface area contributed by atoms with Crippen LogP contribution in [0.5, 0.6) is 0 Å². The average Bonchev–Trinajstić information content (AvgIpc) is 2.48. The molecule has 0 spiro atoms. The first-order chi connectivity index (χ1) is 8.20. The van der Waals surface area contributed by atoms with Gasteiger partial charge in [-0.15, -0.1) is 0 Å². The van der Waals surface area contributed by atoms with Crippen LogP contribution >= 0.6 is 11.8 Å². The lowest BCUT2D eigenvalue weighted by Crippen LogP contribution is -2.48. The van der Waals surface area contributed by atoms with Crippen LogP contribution in [0.1, 0.15) is 34.1 Å². The SMILES string of the molecule is CC1(C)CCN(C(=O)C(C)(C)C(N)=NO)CCS1. The number of oxime groups is 1. The summed E-state index contributed by atoms with van der Waals surface area (Å²) < 4.78 is 0.204. The number of nitrogens with two attached hydrogens (primary N) is 1. The number of carbonyl (C=O) groups is 1. The third kappa shape index (κ3) is 3.31. The van der Waals surface area contributed by atoms with E-state index in [0.29, 0.717) is 0 Å². The first-order valence-corrected chi connectivity index (χ1v) is 7.10. The fraction of sp³-hybridized carbons (Fsp3) is 0.833. The molecule has 18 heavy (non-hydrogen) atoms. The molecule has 3 N–H and O–H groups in total. The van der Waals surface area contributed by atoms with E-state index in [9.17, 15) is 4.79 Å². The van der Waals surface area contributed by atoms with Crippen LogP contribution in [-0.2, 0) is 4.79 Å². The summed E-state index contributed by atoms with van der Waals surface area (Å²) >= 11 is 1.88. The van der Waals surface area contributed by atoms with E-state index >= 15 is 0 Å². The van der Waals surface area contributed by atoms with Gasteiger partial charge >= 0.3 is 0 Å². The summed E-state index contributed by atoms with van der Waals surface area (Å²) in [6.45, 7) is 9.21. The zero-order valence-corrected chi connectivity index (χ0v) is 12.4. The first-order valence-electron chi connectivity index (χ1n) is 6.12. The van der Waals surface area contributed by atoms with Crippen LogP contribution in [0.15, 0.2) is 5.16 Å². The average molecular weight is 273 g/mol. The van der Waals surface area contributed by atoms with E-state index in [4.69, 9.17) is 10.9 Å². The molecule has 1 rings (SSSR count). The number of rotatable bonds is 2. The Morgan fingerprint density at radius 3 is 2.61 bits per heavy atom. The highest BCUT2D eigenvalue weighted by atomic mass is 32.2. The quantitative estimate of drug-likeness (QED) is 0.346. The fourth-order valence-electron chi connectivity index (χ4n) is 1.85. The minimum Gasteiger partial charge on any atom is -0.409 e. The Labute approximate surface area is 113 Å². The molecule has 0 unspecified atom stereocenters. The van der Waals surface area contributed by atoms with Crippen LogP contribution in [0.25, 0.3) is 0 Å². The number of carbonyl (C=O) groups excluding carboxylic acids is 1. The molecule has 104 valence electrons. The molecule has 0 aromatic rings. The lowest BCUT2D eigenvalue weighted by Gasteiger charge is -2.30. The Balaban J connectivity index is 2.79. The maximum Gasteiger partial charge on any atom is 0.235 e. The summed E-state index contributed by atoms with van der Waals surface area (Å²) in [5, 5.41) is 11.7. The molecular formula is C12H23N3O2S. The van der Waals surface area contributed by atoms with Crippen molar-refractivity contribution in [1.82, 2.24) is 4.90 Å². The molecule has 0 aromatic carbocycles. The summed E-state index contributed by atoms with van der Waals surface area (Å²) in [6.07, 6.45) is 0.954. The number of nitrogens with zero attached hydrogens (tertiary/aromatic N) is 2. The number of hydrogen-bond donors (Lipinski definition) is 2. The van der Waals surface area contributed by atoms with E-state index in [1.54, 1.807) is 13.8 Å². The molecule has 1 amide bonds. The molecule has 5 nitrogen and oxygen atoms in total. The fourth-order valence-corrected chi connectivity index (χ4v) is 2.95. The minimum absolute atomic E-state index is 0.0383. The molecule has 0 radical (unpaired) electrons. The van der Waals surface area contributed by atoms with Crippen LogP contribution in [-0.4, -0.2) is 45.4 Å².